The number of halogens is 1. The van der Waals surface area contributed by atoms with Gasteiger partial charge in [0.05, 0.1) is 22.9 Å². The normalized spacial score (nSPS) is 19.2. The molecule has 1 aromatic carbocycles. The average molecular weight is 285 g/mol. The number of nitro benzene ring substituents is 1. The second kappa shape index (κ2) is 5.23. The fourth-order valence-electron chi connectivity index (χ4n) is 1.68. The Bertz CT molecular complexity index is 512. The molecule has 0 saturated carbocycles. The lowest BCUT2D eigenvalue weighted by molar-refractivity contribution is -0.384. The monoisotopic (exact) mass is 284 g/mol. The van der Waals surface area contributed by atoms with E-state index in [9.17, 15) is 19.7 Å². The van der Waals surface area contributed by atoms with Crippen molar-refractivity contribution in [3.63, 3.8) is 0 Å². The van der Waals surface area contributed by atoms with Gasteiger partial charge in [0.1, 0.15) is 6.10 Å². The molecule has 1 atom stereocenters. The molecule has 1 unspecified atom stereocenters. The molecule has 0 spiro atoms. The summed E-state index contributed by atoms with van der Waals surface area (Å²) in [6.45, 7) is 0. The first-order valence-electron chi connectivity index (χ1n) is 5.37. The molecular weight excluding hydrogens is 276 g/mol. The van der Waals surface area contributed by atoms with Gasteiger partial charge in [0, 0.05) is 12.1 Å². The zero-order valence-electron chi connectivity index (χ0n) is 9.61. The maximum Gasteiger partial charge on any atom is 0.421 e. The van der Waals surface area contributed by atoms with Crippen LogP contribution in [0.3, 0.4) is 0 Å². The highest BCUT2D eigenvalue weighted by Crippen LogP contribution is 2.24. The molecule has 1 aromatic rings. The Morgan fingerprint density at radius 2 is 2.00 bits per heavy atom. The zero-order chi connectivity index (χ0) is 14.0. The van der Waals surface area contributed by atoms with E-state index in [1.54, 1.807) is 0 Å². The van der Waals surface area contributed by atoms with Crippen LogP contribution in [0.1, 0.15) is 6.42 Å². The Labute approximate surface area is 112 Å². The number of amides is 2. The molecule has 8 heteroatoms. The van der Waals surface area contributed by atoms with E-state index in [1.807, 2.05) is 0 Å². The lowest BCUT2D eigenvalue weighted by Crippen LogP contribution is -2.46. The van der Waals surface area contributed by atoms with Crippen LogP contribution in [0.5, 0.6) is 0 Å². The minimum atomic E-state index is -0.823. The number of ether oxygens (including phenoxy) is 1. The van der Waals surface area contributed by atoms with Crippen LogP contribution in [0.4, 0.5) is 16.2 Å². The van der Waals surface area contributed by atoms with E-state index in [4.69, 9.17) is 16.3 Å². The van der Waals surface area contributed by atoms with E-state index in [2.05, 4.69) is 0 Å². The number of benzene rings is 1. The van der Waals surface area contributed by atoms with Gasteiger partial charge in [-0.3, -0.25) is 14.9 Å². The van der Waals surface area contributed by atoms with Gasteiger partial charge in [-0.15, -0.1) is 11.6 Å². The number of nitro groups is 1. The minimum Gasteiger partial charge on any atom is -0.444 e. The fraction of sp³-hybridized carbons (Fsp3) is 0.273. The minimum absolute atomic E-state index is 0.00771. The van der Waals surface area contributed by atoms with E-state index in [1.165, 1.54) is 24.3 Å². The van der Waals surface area contributed by atoms with E-state index >= 15 is 0 Å². The van der Waals surface area contributed by atoms with Crippen LogP contribution in [0, 0.1) is 10.1 Å². The number of carbonyl (C=O) groups is 2. The fourth-order valence-corrected chi connectivity index (χ4v) is 1.86. The molecule has 1 aliphatic heterocycles. The van der Waals surface area contributed by atoms with E-state index < -0.39 is 23.0 Å². The molecule has 1 saturated heterocycles. The van der Waals surface area contributed by atoms with Gasteiger partial charge in [0.15, 0.2) is 0 Å². The lowest BCUT2D eigenvalue weighted by atomic mass is 10.2. The summed E-state index contributed by atoms with van der Waals surface area (Å²) < 4.78 is 4.95. The molecule has 1 aliphatic rings. The molecule has 0 aliphatic carbocycles. The highest BCUT2D eigenvalue weighted by atomic mass is 35.5. The van der Waals surface area contributed by atoms with Gasteiger partial charge in [-0.25, -0.2) is 9.69 Å². The third-order valence-corrected chi connectivity index (χ3v) is 2.94. The van der Waals surface area contributed by atoms with Crippen molar-refractivity contribution in [1.82, 2.24) is 0 Å². The Hall–Kier alpha value is -2.15. The van der Waals surface area contributed by atoms with Gasteiger partial charge in [-0.1, -0.05) is 0 Å². The van der Waals surface area contributed by atoms with Gasteiger partial charge in [0.2, 0.25) is 5.91 Å². The predicted octanol–water partition coefficient (Wildman–Crippen LogP) is 2.08. The molecular formula is C11H9ClN2O5. The average Bonchev–Trinajstić information content (AvgIpc) is 2.38. The first-order chi connectivity index (χ1) is 9.02. The summed E-state index contributed by atoms with van der Waals surface area (Å²) in [6.07, 6.45) is -1.46. The van der Waals surface area contributed by atoms with Crippen molar-refractivity contribution >= 4 is 35.0 Å². The second-order valence-corrected chi connectivity index (χ2v) is 4.18. The molecule has 2 rings (SSSR count). The Kier molecular flexibility index (Phi) is 3.66. The first kappa shape index (κ1) is 13.3. The maximum absolute atomic E-state index is 11.8. The van der Waals surface area contributed by atoms with Crippen LogP contribution in [0.25, 0.3) is 0 Å². The molecule has 1 heterocycles. The number of nitrogens with zero attached hydrogens (tertiary/aromatic N) is 2. The number of hydrogen-bond acceptors (Lipinski definition) is 5. The number of non-ortho nitro benzene ring substituents is 1. The van der Waals surface area contributed by atoms with Crippen LogP contribution in [-0.4, -0.2) is 28.9 Å². The topological polar surface area (TPSA) is 89.8 Å². The summed E-state index contributed by atoms with van der Waals surface area (Å²) >= 11 is 5.54. The molecule has 2 amide bonds. The molecule has 0 aromatic heterocycles. The van der Waals surface area contributed by atoms with Crippen molar-refractivity contribution in [2.24, 2.45) is 0 Å². The maximum atomic E-state index is 11.8. The van der Waals surface area contributed by atoms with E-state index in [0.29, 0.717) is 0 Å². The summed E-state index contributed by atoms with van der Waals surface area (Å²) in [4.78, 5) is 34.3. The van der Waals surface area contributed by atoms with Crippen molar-refractivity contribution in [1.29, 1.82) is 0 Å². The van der Waals surface area contributed by atoms with Crippen LogP contribution in [0.2, 0.25) is 0 Å². The highest BCUT2D eigenvalue weighted by Gasteiger charge is 2.34. The Morgan fingerprint density at radius 1 is 1.37 bits per heavy atom. The SMILES string of the molecule is O=C1CC(CCl)OC(=O)N1c1ccc([N+](=O)[O-])cc1. The predicted molar refractivity (Wildman–Crippen MR) is 66.2 cm³/mol. The van der Waals surface area contributed by atoms with Gasteiger partial charge in [-0.05, 0) is 12.1 Å². The van der Waals surface area contributed by atoms with Gasteiger partial charge in [-0.2, -0.15) is 0 Å². The third kappa shape index (κ3) is 2.65. The van der Waals surface area contributed by atoms with Crippen molar-refractivity contribution in [3.05, 3.63) is 34.4 Å². The number of hydrogen-bond donors (Lipinski definition) is 0. The number of imide groups is 1. The van der Waals surface area contributed by atoms with Crippen LogP contribution in [-0.2, 0) is 9.53 Å². The van der Waals surface area contributed by atoms with Gasteiger partial charge < -0.3 is 4.74 Å². The quantitative estimate of drug-likeness (QED) is 0.481. The largest absolute Gasteiger partial charge is 0.444 e. The van der Waals surface area contributed by atoms with Crippen LogP contribution >= 0.6 is 11.6 Å². The Morgan fingerprint density at radius 3 is 2.47 bits per heavy atom. The van der Waals surface area contributed by atoms with Crippen LogP contribution < -0.4 is 4.90 Å². The molecule has 7 nitrogen and oxygen atoms in total. The molecule has 0 radical (unpaired) electrons. The lowest BCUT2D eigenvalue weighted by Gasteiger charge is -2.29. The van der Waals surface area contributed by atoms with Crippen molar-refractivity contribution < 1.29 is 19.2 Å². The standard InChI is InChI=1S/C11H9ClN2O5/c12-6-9-5-10(15)13(11(16)19-9)7-1-3-8(4-2-7)14(17)18/h1-4,9H,5-6H2. The Balaban J connectivity index is 2.23. The van der Waals surface area contributed by atoms with Crippen molar-refractivity contribution in [2.45, 2.75) is 12.5 Å². The summed E-state index contributed by atoms with van der Waals surface area (Å²) in [7, 11) is 0. The summed E-state index contributed by atoms with van der Waals surface area (Å²) in [5, 5.41) is 10.5. The summed E-state index contributed by atoms with van der Waals surface area (Å²) in [6, 6.07) is 5.06. The number of carbonyl (C=O) groups excluding carboxylic acids is 2. The third-order valence-electron chi connectivity index (χ3n) is 2.59. The number of alkyl halides is 1. The molecule has 0 N–H and O–H groups in total. The van der Waals surface area contributed by atoms with E-state index in [-0.39, 0.29) is 23.7 Å². The van der Waals surface area contributed by atoms with Crippen LogP contribution in [0.15, 0.2) is 24.3 Å². The molecule has 1 fully saturated rings. The first-order valence-corrected chi connectivity index (χ1v) is 5.90. The number of rotatable bonds is 3. The molecule has 0 bridgehead atoms. The van der Waals surface area contributed by atoms with Gasteiger partial charge >= 0.3 is 6.09 Å². The summed E-state index contributed by atoms with van der Waals surface area (Å²) in [5.74, 6) is -0.401. The second-order valence-electron chi connectivity index (χ2n) is 3.87. The smallest absolute Gasteiger partial charge is 0.421 e. The molecule has 19 heavy (non-hydrogen) atoms. The molecule has 100 valence electrons. The number of cyclic esters (lactones) is 1. The van der Waals surface area contributed by atoms with Crippen molar-refractivity contribution in [2.75, 3.05) is 10.8 Å². The summed E-state index contributed by atoms with van der Waals surface area (Å²) in [5.41, 5.74) is 0.105. The van der Waals surface area contributed by atoms with Gasteiger partial charge in [0.25, 0.3) is 5.69 Å². The van der Waals surface area contributed by atoms with Crippen molar-refractivity contribution in [3.8, 4) is 0 Å². The zero-order valence-corrected chi connectivity index (χ0v) is 10.4. The van der Waals surface area contributed by atoms with E-state index in [0.717, 1.165) is 4.90 Å². The number of anilines is 1. The highest BCUT2D eigenvalue weighted by molar-refractivity contribution is 6.19.